The van der Waals surface area contributed by atoms with Crippen LogP contribution in [0.1, 0.15) is 29.9 Å². The molecule has 0 aliphatic rings. The summed E-state index contributed by atoms with van der Waals surface area (Å²) in [6, 6.07) is 5.31. The zero-order chi connectivity index (χ0) is 11.5. The molecule has 0 unspecified atom stereocenters. The van der Waals surface area contributed by atoms with Gasteiger partial charge in [-0.1, -0.05) is 0 Å². The Morgan fingerprint density at radius 1 is 1.60 bits per heavy atom. The van der Waals surface area contributed by atoms with E-state index in [1.165, 1.54) is 0 Å². The number of rotatable bonds is 2. The van der Waals surface area contributed by atoms with Crippen molar-refractivity contribution in [1.29, 1.82) is 5.26 Å². The highest BCUT2D eigenvalue weighted by atomic mass is 16.1. The standard InChI is InChI=1S/C11H13N3O/c1-8-6-9(4-5-13-8)10(15)14-11(2,3)7-12/h4-6H,1-3H3,(H,14,15). The van der Waals surface area contributed by atoms with Gasteiger partial charge < -0.3 is 5.32 Å². The molecule has 4 nitrogen and oxygen atoms in total. The smallest absolute Gasteiger partial charge is 0.252 e. The maximum Gasteiger partial charge on any atom is 0.252 e. The van der Waals surface area contributed by atoms with Gasteiger partial charge in [0.25, 0.3) is 5.91 Å². The van der Waals surface area contributed by atoms with Crippen molar-refractivity contribution >= 4 is 5.91 Å². The molecular formula is C11H13N3O. The number of carbonyl (C=O) groups is 1. The fraction of sp³-hybridized carbons (Fsp3) is 0.364. The molecule has 1 heterocycles. The van der Waals surface area contributed by atoms with E-state index < -0.39 is 5.54 Å². The normalized spacial score (nSPS) is 10.5. The van der Waals surface area contributed by atoms with E-state index in [0.717, 1.165) is 5.69 Å². The number of aryl methyl sites for hydroxylation is 1. The molecule has 4 heteroatoms. The van der Waals surface area contributed by atoms with Crippen LogP contribution in [-0.4, -0.2) is 16.4 Å². The average molecular weight is 203 g/mol. The highest BCUT2D eigenvalue weighted by molar-refractivity contribution is 5.94. The molecule has 0 aliphatic carbocycles. The monoisotopic (exact) mass is 203 g/mol. The van der Waals surface area contributed by atoms with E-state index in [0.29, 0.717) is 5.56 Å². The molecule has 0 aliphatic heterocycles. The lowest BCUT2D eigenvalue weighted by molar-refractivity contribution is 0.0929. The van der Waals surface area contributed by atoms with Crippen molar-refractivity contribution in [3.8, 4) is 6.07 Å². The molecule has 1 amide bonds. The van der Waals surface area contributed by atoms with Crippen LogP contribution in [0.2, 0.25) is 0 Å². The van der Waals surface area contributed by atoms with Crippen molar-refractivity contribution in [2.45, 2.75) is 26.3 Å². The molecule has 0 bridgehead atoms. The van der Waals surface area contributed by atoms with E-state index in [-0.39, 0.29) is 5.91 Å². The average Bonchev–Trinajstić information content (AvgIpc) is 2.17. The van der Waals surface area contributed by atoms with Crippen molar-refractivity contribution in [2.24, 2.45) is 0 Å². The summed E-state index contributed by atoms with van der Waals surface area (Å²) in [4.78, 5) is 15.7. The van der Waals surface area contributed by atoms with E-state index in [2.05, 4.69) is 10.3 Å². The molecular weight excluding hydrogens is 190 g/mol. The lowest BCUT2D eigenvalue weighted by Crippen LogP contribution is -2.42. The fourth-order valence-electron chi connectivity index (χ4n) is 1.07. The summed E-state index contributed by atoms with van der Waals surface area (Å²) in [7, 11) is 0. The maximum atomic E-state index is 11.7. The Balaban J connectivity index is 2.84. The van der Waals surface area contributed by atoms with Crippen LogP contribution in [0.15, 0.2) is 18.3 Å². The van der Waals surface area contributed by atoms with E-state index in [9.17, 15) is 4.79 Å². The summed E-state index contributed by atoms with van der Waals surface area (Å²) < 4.78 is 0. The van der Waals surface area contributed by atoms with E-state index in [4.69, 9.17) is 5.26 Å². The predicted octanol–water partition coefficient (Wildman–Crippen LogP) is 1.42. The molecule has 0 atom stereocenters. The van der Waals surface area contributed by atoms with Gasteiger partial charge in [0.05, 0.1) is 6.07 Å². The van der Waals surface area contributed by atoms with Crippen molar-refractivity contribution in [3.05, 3.63) is 29.6 Å². The number of aromatic nitrogens is 1. The molecule has 78 valence electrons. The van der Waals surface area contributed by atoms with Crippen molar-refractivity contribution in [3.63, 3.8) is 0 Å². The van der Waals surface area contributed by atoms with Crippen LogP contribution in [0.3, 0.4) is 0 Å². The number of pyridine rings is 1. The summed E-state index contributed by atoms with van der Waals surface area (Å²) in [5, 5.41) is 11.4. The second-order valence-corrected chi connectivity index (χ2v) is 3.88. The summed E-state index contributed by atoms with van der Waals surface area (Å²) in [6.07, 6.45) is 1.57. The number of nitrogens with zero attached hydrogens (tertiary/aromatic N) is 2. The summed E-state index contributed by atoms with van der Waals surface area (Å²) in [6.45, 7) is 5.12. The Morgan fingerprint density at radius 2 is 2.27 bits per heavy atom. The topological polar surface area (TPSA) is 65.8 Å². The fourth-order valence-corrected chi connectivity index (χ4v) is 1.07. The number of hydrogen-bond donors (Lipinski definition) is 1. The molecule has 1 aromatic heterocycles. The van der Waals surface area contributed by atoms with Gasteiger partial charge in [0, 0.05) is 17.5 Å². The van der Waals surface area contributed by atoms with Gasteiger partial charge in [-0.15, -0.1) is 0 Å². The van der Waals surface area contributed by atoms with Crippen LogP contribution in [0, 0.1) is 18.3 Å². The molecule has 15 heavy (non-hydrogen) atoms. The summed E-state index contributed by atoms with van der Waals surface area (Å²) in [5.74, 6) is -0.257. The van der Waals surface area contributed by atoms with Gasteiger partial charge in [-0.3, -0.25) is 9.78 Å². The maximum absolute atomic E-state index is 11.7. The third-order valence-electron chi connectivity index (χ3n) is 1.86. The Kier molecular flexibility index (Phi) is 3.05. The van der Waals surface area contributed by atoms with Crippen molar-refractivity contribution < 1.29 is 4.79 Å². The first-order valence-corrected chi connectivity index (χ1v) is 4.61. The number of carbonyl (C=O) groups excluding carboxylic acids is 1. The van der Waals surface area contributed by atoms with Gasteiger partial charge in [-0.05, 0) is 32.9 Å². The number of amides is 1. The third kappa shape index (κ3) is 3.06. The number of nitriles is 1. The lowest BCUT2D eigenvalue weighted by atomic mass is 10.1. The molecule has 0 saturated heterocycles. The van der Waals surface area contributed by atoms with Crippen LogP contribution in [-0.2, 0) is 0 Å². The highest BCUT2D eigenvalue weighted by Crippen LogP contribution is 2.05. The minimum atomic E-state index is -0.853. The minimum Gasteiger partial charge on any atom is -0.334 e. The number of hydrogen-bond acceptors (Lipinski definition) is 3. The van der Waals surface area contributed by atoms with Gasteiger partial charge in [-0.2, -0.15) is 5.26 Å². The van der Waals surface area contributed by atoms with Gasteiger partial charge in [0.15, 0.2) is 0 Å². The summed E-state index contributed by atoms with van der Waals surface area (Å²) >= 11 is 0. The third-order valence-corrected chi connectivity index (χ3v) is 1.86. The van der Waals surface area contributed by atoms with Gasteiger partial charge in [-0.25, -0.2) is 0 Å². The van der Waals surface area contributed by atoms with Crippen LogP contribution in [0.25, 0.3) is 0 Å². The van der Waals surface area contributed by atoms with Crippen LogP contribution in [0.4, 0.5) is 0 Å². The van der Waals surface area contributed by atoms with Gasteiger partial charge >= 0.3 is 0 Å². The van der Waals surface area contributed by atoms with Crippen molar-refractivity contribution in [2.75, 3.05) is 0 Å². The zero-order valence-electron chi connectivity index (χ0n) is 9.03. The second kappa shape index (κ2) is 4.09. The largest absolute Gasteiger partial charge is 0.334 e. The van der Waals surface area contributed by atoms with E-state index >= 15 is 0 Å². The lowest BCUT2D eigenvalue weighted by Gasteiger charge is -2.17. The molecule has 1 rings (SSSR count). The Bertz CT molecular complexity index is 418. The minimum absolute atomic E-state index is 0.257. The number of nitrogens with one attached hydrogen (secondary N) is 1. The molecule has 0 spiro atoms. The zero-order valence-corrected chi connectivity index (χ0v) is 9.03. The van der Waals surface area contributed by atoms with Gasteiger partial charge in [0.1, 0.15) is 5.54 Å². The predicted molar refractivity (Wildman–Crippen MR) is 56.1 cm³/mol. The first-order chi connectivity index (χ1) is 6.94. The van der Waals surface area contributed by atoms with Crippen LogP contribution in [0.5, 0.6) is 0 Å². The van der Waals surface area contributed by atoms with Gasteiger partial charge in [0.2, 0.25) is 0 Å². The molecule has 0 aromatic carbocycles. The van der Waals surface area contributed by atoms with E-state index in [1.807, 2.05) is 13.0 Å². The van der Waals surface area contributed by atoms with E-state index in [1.54, 1.807) is 32.2 Å². The highest BCUT2D eigenvalue weighted by Gasteiger charge is 2.20. The first-order valence-electron chi connectivity index (χ1n) is 4.61. The Morgan fingerprint density at radius 3 is 2.80 bits per heavy atom. The van der Waals surface area contributed by atoms with Crippen LogP contribution >= 0.6 is 0 Å². The summed E-state index contributed by atoms with van der Waals surface area (Å²) in [5.41, 5.74) is 0.442. The second-order valence-electron chi connectivity index (χ2n) is 3.88. The molecule has 0 fully saturated rings. The van der Waals surface area contributed by atoms with Crippen molar-refractivity contribution in [1.82, 2.24) is 10.3 Å². The molecule has 0 saturated carbocycles. The van der Waals surface area contributed by atoms with Crippen LogP contribution < -0.4 is 5.32 Å². The SMILES string of the molecule is Cc1cc(C(=O)NC(C)(C)C#N)ccn1. The molecule has 1 aromatic rings. The first kappa shape index (κ1) is 11.2. The molecule has 0 radical (unpaired) electrons. The quantitative estimate of drug-likeness (QED) is 0.790. The Labute approximate surface area is 88.9 Å². The molecule has 1 N–H and O–H groups in total. The Hall–Kier alpha value is -1.89.